The van der Waals surface area contributed by atoms with Crippen LogP contribution >= 0.6 is 22.2 Å². The number of hydrogen-bond acceptors (Lipinski definition) is 3. The molecule has 1 aromatic heterocycles. The van der Waals surface area contributed by atoms with Gasteiger partial charge < -0.3 is 9.32 Å². The van der Waals surface area contributed by atoms with Gasteiger partial charge in [0, 0.05) is 36.7 Å². The molecule has 0 spiro atoms. The number of para-hydroxylation sites is 4. The molecule has 0 radical (unpaired) electrons. The molecular formula is C32H23NOS2. The zero-order valence-corrected chi connectivity index (χ0v) is 21.4. The third-order valence-corrected chi connectivity index (χ3v) is 8.93. The molecule has 4 heteroatoms. The number of anilines is 3. The number of rotatable bonds is 3. The highest BCUT2D eigenvalue weighted by Gasteiger charge is 2.24. The van der Waals surface area contributed by atoms with Gasteiger partial charge in [-0.3, -0.25) is 0 Å². The molecule has 2 nitrogen and oxygen atoms in total. The number of fused-ring (bicyclic) bond motifs is 5. The summed E-state index contributed by atoms with van der Waals surface area (Å²) in [5, 5.41) is 2.30. The standard InChI is InChI=1S/C32H23NOS2/c1-36(2)30-16-8-11-25-24-10-7-9-23(31(24)34-32(25)30)21-17-19-22(20-18-21)33-26-12-3-5-14-28(26)35-29-15-6-4-13-27(29)33/h3-20H,1H2,2H3. The summed E-state index contributed by atoms with van der Waals surface area (Å²) in [5.41, 5.74) is 7.71. The van der Waals surface area contributed by atoms with Crippen LogP contribution in [-0.2, 0) is 0 Å². The predicted molar refractivity (Wildman–Crippen MR) is 157 cm³/mol. The zero-order chi connectivity index (χ0) is 24.2. The van der Waals surface area contributed by atoms with E-state index in [1.165, 1.54) is 26.1 Å². The highest BCUT2D eigenvalue weighted by Crippen LogP contribution is 2.51. The van der Waals surface area contributed by atoms with Crippen molar-refractivity contribution in [3.63, 3.8) is 0 Å². The summed E-state index contributed by atoms with van der Waals surface area (Å²) in [4.78, 5) is 6.06. The van der Waals surface area contributed by atoms with Crippen molar-refractivity contribution < 1.29 is 4.42 Å². The predicted octanol–water partition coefficient (Wildman–Crippen LogP) is 9.88. The van der Waals surface area contributed by atoms with E-state index in [2.05, 4.69) is 126 Å². The van der Waals surface area contributed by atoms with Gasteiger partial charge in [0.25, 0.3) is 0 Å². The van der Waals surface area contributed by atoms with Gasteiger partial charge in [0.05, 0.1) is 11.4 Å². The minimum Gasteiger partial charge on any atom is -0.454 e. The number of benzene rings is 5. The van der Waals surface area contributed by atoms with E-state index in [0.717, 1.165) is 38.8 Å². The molecule has 0 aliphatic carbocycles. The van der Waals surface area contributed by atoms with E-state index in [1.54, 1.807) is 0 Å². The fourth-order valence-electron chi connectivity index (χ4n) is 5.07. The Morgan fingerprint density at radius 2 is 1.28 bits per heavy atom. The van der Waals surface area contributed by atoms with Gasteiger partial charge in [0.2, 0.25) is 0 Å². The molecule has 0 fully saturated rings. The van der Waals surface area contributed by atoms with Crippen molar-refractivity contribution in [2.24, 2.45) is 0 Å². The number of hydrogen-bond donors (Lipinski definition) is 0. The molecule has 1 atom stereocenters. The quantitative estimate of drug-likeness (QED) is 0.224. The van der Waals surface area contributed by atoms with E-state index in [4.69, 9.17) is 4.42 Å². The van der Waals surface area contributed by atoms with Crippen LogP contribution in [0.25, 0.3) is 33.1 Å². The first kappa shape index (κ1) is 21.5. The Kier molecular flexibility index (Phi) is 5.05. The third kappa shape index (κ3) is 3.33. The van der Waals surface area contributed by atoms with Crippen LogP contribution in [0.3, 0.4) is 0 Å². The Hall–Kier alpha value is -3.73. The van der Waals surface area contributed by atoms with Crippen molar-refractivity contribution in [3.8, 4) is 11.1 Å². The van der Waals surface area contributed by atoms with Crippen molar-refractivity contribution in [1.82, 2.24) is 0 Å². The Balaban J connectivity index is 1.36. The normalized spacial score (nSPS) is 13.5. The van der Waals surface area contributed by atoms with Crippen molar-refractivity contribution in [2.75, 3.05) is 11.2 Å². The lowest BCUT2D eigenvalue weighted by Gasteiger charge is -2.32. The second-order valence-corrected chi connectivity index (χ2v) is 11.8. The molecule has 36 heavy (non-hydrogen) atoms. The van der Waals surface area contributed by atoms with Crippen molar-refractivity contribution >= 4 is 67.1 Å². The van der Waals surface area contributed by atoms with Crippen molar-refractivity contribution in [2.45, 2.75) is 14.7 Å². The summed E-state index contributed by atoms with van der Waals surface area (Å²) in [7, 11) is -0.125. The number of nitrogens with zero attached hydrogens (tertiary/aromatic N) is 1. The molecule has 0 saturated heterocycles. The smallest absolute Gasteiger partial charge is 0.148 e. The topological polar surface area (TPSA) is 16.4 Å². The molecule has 0 N–H and O–H groups in total. The van der Waals surface area contributed by atoms with E-state index < -0.39 is 0 Å². The molecule has 0 amide bonds. The van der Waals surface area contributed by atoms with E-state index >= 15 is 0 Å². The first-order chi connectivity index (χ1) is 17.7. The van der Waals surface area contributed by atoms with Gasteiger partial charge in [0.1, 0.15) is 11.2 Å². The fourth-order valence-corrected chi connectivity index (χ4v) is 6.91. The van der Waals surface area contributed by atoms with E-state index in [0.29, 0.717) is 0 Å². The first-order valence-corrected chi connectivity index (χ1v) is 14.5. The minimum absolute atomic E-state index is 0.125. The second kappa shape index (κ2) is 8.44. The van der Waals surface area contributed by atoms with Crippen LogP contribution in [-0.4, -0.2) is 12.1 Å². The molecule has 6 aromatic rings. The Labute approximate surface area is 217 Å². The minimum atomic E-state index is -0.125. The van der Waals surface area contributed by atoms with Crippen LogP contribution in [0, 0.1) is 0 Å². The summed E-state index contributed by atoms with van der Waals surface area (Å²) in [5.74, 6) is 4.26. The highest BCUT2D eigenvalue weighted by molar-refractivity contribution is 8.13. The van der Waals surface area contributed by atoms with Gasteiger partial charge in [-0.05, 0) is 54.3 Å². The highest BCUT2D eigenvalue weighted by atomic mass is 32.2. The van der Waals surface area contributed by atoms with Gasteiger partial charge >= 0.3 is 0 Å². The largest absolute Gasteiger partial charge is 0.454 e. The van der Waals surface area contributed by atoms with E-state index in [9.17, 15) is 0 Å². The molecule has 5 aromatic carbocycles. The van der Waals surface area contributed by atoms with Crippen molar-refractivity contribution in [1.29, 1.82) is 0 Å². The lowest BCUT2D eigenvalue weighted by Crippen LogP contribution is -2.14. The third-order valence-electron chi connectivity index (χ3n) is 6.73. The second-order valence-electron chi connectivity index (χ2n) is 8.97. The summed E-state index contributed by atoms with van der Waals surface area (Å²) in [6.07, 6.45) is 2.14. The summed E-state index contributed by atoms with van der Waals surface area (Å²) >= 11 is 1.83. The molecule has 2 heterocycles. The van der Waals surface area contributed by atoms with Gasteiger partial charge in [-0.15, -0.1) is 0 Å². The lowest BCUT2D eigenvalue weighted by molar-refractivity contribution is 0.661. The summed E-state index contributed by atoms with van der Waals surface area (Å²) < 4.78 is 6.52. The van der Waals surface area contributed by atoms with Crippen LogP contribution in [0.2, 0.25) is 0 Å². The Morgan fingerprint density at radius 3 is 1.94 bits per heavy atom. The van der Waals surface area contributed by atoms with Crippen LogP contribution in [0.5, 0.6) is 0 Å². The van der Waals surface area contributed by atoms with Crippen LogP contribution in [0.15, 0.2) is 128 Å². The molecule has 0 bridgehead atoms. The Bertz CT molecular complexity index is 1750. The SMILES string of the molecule is C=S(C)c1cccc2c1oc1c(-c3ccc(N4c5ccccc5Sc5ccccc54)cc3)cccc12. The van der Waals surface area contributed by atoms with Gasteiger partial charge in [0.15, 0.2) is 0 Å². The van der Waals surface area contributed by atoms with Gasteiger partial charge in [-0.25, -0.2) is 0 Å². The molecule has 1 aliphatic heterocycles. The molecular weight excluding hydrogens is 478 g/mol. The summed E-state index contributed by atoms with van der Waals surface area (Å²) in [6, 6.07) is 38.9. The molecule has 0 saturated carbocycles. The molecule has 7 rings (SSSR count). The number of furan rings is 1. The van der Waals surface area contributed by atoms with Gasteiger partial charge in [-0.2, -0.15) is 10.5 Å². The maximum absolute atomic E-state index is 6.52. The maximum atomic E-state index is 6.52. The Morgan fingerprint density at radius 1 is 0.667 bits per heavy atom. The van der Waals surface area contributed by atoms with Gasteiger partial charge in [-0.1, -0.05) is 84.4 Å². The van der Waals surface area contributed by atoms with E-state index in [-0.39, 0.29) is 10.5 Å². The van der Waals surface area contributed by atoms with Crippen LogP contribution in [0.4, 0.5) is 17.1 Å². The fraction of sp³-hybridized carbons (Fsp3) is 0.0312. The summed E-state index contributed by atoms with van der Waals surface area (Å²) in [6.45, 7) is 0. The monoisotopic (exact) mass is 501 g/mol. The first-order valence-electron chi connectivity index (χ1n) is 11.9. The average molecular weight is 502 g/mol. The maximum Gasteiger partial charge on any atom is 0.148 e. The zero-order valence-electron chi connectivity index (χ0n) is 19.8. The molecule has 174 valence electrons. The van der Waals surface area contributed by atoms with Crippen LogP contribution < -0.4 is 4.90 Å². The molecule has 1 unspecified atom stereocenters. The molecule has 1 aliphatic rings. The van der Waals surface area contributed by atoms with Crippen molar-refractivity contribution in [3.05, 3.63) is 109 Å². The lowest BCUT2D eigenvalue weighted by atomic mass is 10.0. The van der Waals surface area contributed by atoms with Crippen LogP contribution in [0.1, 0.15) is 0 Å². The average Bonchev–Trinajstić information content (AvgIpc) is 3.31. The van der Waals surface area contributed by atoms with E-state index in [1.807, 2.05) is 11.8 Å².